The summed E-state index contributed by atoms with van der Waals surface area (Å²) in [6, 6.07) is 10.5. The number of ether oxygens (including phenoxy) is 3. The van der Waals surface area contributed by atoms with Gasteiger partial charge in [0.2, 0.25) is 5.75 Å². The Bertz CT molecular complexity index is 954. The first-order valence-corrected chi connectivity index (χ1v) is 8.84. The Hall–Kier alpha value is -3.81. The quantitative estimate of drug-likeness (QED) is 0.605. The molecule has 3 rings (SSSR count). The molecule has 2 aromatic heterocycles. The molecule has 0 spiro atoms. The second kappa shape index (κ2) is 9.41. The Balaban J connectivity index is 1.74. The highest BCUT2D eigenvalue weighted by Crippen LogP contribution is 2.40. The number of methoxy groups -OCH3 is 3. The Morgan fingerprint density at radius 2 is 1.62 bits per heavy atom. The topological polar surface area (TPSA) is 94.6 Å². The van der Waals surface area contributed by atoms with Crippen LogP contribution in [0.3, 0.4) is 0 Å². The number of nitrogens with one attached hydrogen (secondary N) is 2. The molecule has 0 bridgehead atoms. The van der Waals surface area contributed by atoms with E-state index >= 15 is 0 Å². The van der Waals surface area contributed by atoms with Crippen LogP contribution in [0, 0.1) is 0 Å². The van der Waals surface area contributed by atoms with Gasteiger partial charge in [0, 0.05) is 48.5 Å². The summed E-state index contributed by atoms with van der Waals surface area (Å²) in [5, 5.41) is 6.04. The highest BCUT2D eigenvalue weighted by atomic mass is 16.5. The minimum atomic E-state index is -0.284. The highest BCUT2D eigenvalue weighted by Gasteiger charge is 2.15. The first-order valence-electron chi connectivity index (χ1n) is 8.84. The number of benzene rings is 1. The van der Waals surface area contributed by atoms with Crippen molar-refractivity contribution in [1.29, 1.82) is 0 Å². The van der Waals surface area contributed by atoms with E-state index in [1.54, 1.807) is 42.9 Å². The third-order valence-corrected chi connectivity index (χ3v) is 4.17. The van der Waals surface area contributed by atoms with Crippen molar-refractivity contribution in [2.45, 2.75) is 6.54 Å². The van der Waals surface area contributed by atoms with Gasteiger partial charge in [-0.15, -0.1) is 0 Å². The molecule has 1 amide bonds. The maximum atomic E-state index is 12.7. The van der Waals surface area contributed by atoms with Crippen LogP contribution in [0.1, 0.15) is 15.9 Å². The summed E-state index contributed by atoms with van der Waals surface area (Å²) < 4.78 is 15.9. The van der Waals surface area contributed by atoms with Gasteiger partial charge in [-0.05, 0) is 29.8 Å². The molecule has 3 aromatic rings. The summed E-state index contributed by atoms with van der Waals surface area (Å²) in [5.41, 5.74) is 2.05. The van der Waals surface area contributed by atoms with E-state index in [9.17, 15) is 4.79 Å². The third-order valence-electron chi connectivity index (χ3n) is 4.17. The second-order valence-corrected chi connectivity index (χ2v) is 6.01. The van der Waals surface area contributed by atoms with Gasteiger partial charge in [0.25, 0.3) is 5.91 Å². The number of rotatable bonds is 8. The molecule has 0 aliphatic rings. The van der Waals surface area contributed by atoms with Gasteiger partial charge in [0.05, 0.1) is 21.3 Å². The number of pyridine rings is 2. The number of hydrogen-bond donors (Lipinski definition) is 2. The summed E-state index contributed by atoms with van der Waals surface area (Å²) in [5.74, 6) is 1.68. The summed E-state index contributed by atoms with van der Waals surface area (Å²) >= 11 is 0. The van der Waals surface area contributed by atoms with Crippen molar-refractivity contribution in [2.75, 3.05) is 32.0 Å². The lowest BCUT2D eigenvalue weighted by Gasteiger charge is -2.14. The predicted molar refractivity (Wildman–Crippen MR) is 110 cm³/mol. The fraction of sp³-hybridized carbons (Fsp3) is 0.190. The minimum absolute atomic E-state index is 0.284. The van der Waals surface area contributed by atoms with E-state index < -0.39 is 0 Å². The van der Waals surface area contributed by atoms with Crippen molar-refractivity contribution >= 4 is 17.4 Å². The summed E-state index contributed by atoms with van der Waals surface area (Å²) in [6.07, 6.45) is 5.04. The SMILES string of the molecule is COc1cc(NC(=O)c2ccnc(NCc3ccncc3)c2)cc(OC)c1OC. The maximum Gasteiger partial charge on any atom is 0.255 e. The van der Waals surface area contributed by atoms with Crippen LogP contribution in [-0.2, 0) is 6.54 Å². The van der Waals surface area contributed by atoms with Crippen LogP contribution in [0.5, 0.6) is 17.2 Å². The van der Waals surface area contributed by atoms with E-state index in [0.717, 1.165) is 5.56 Å². The van der Waals surface area contributed by atoms with Crippen LogP contribution in [0.25, 0.3) is 0 Å². The zero-order valence-corrected chi connectivity index (χ0v) is 16.4. The first kappa shape index (κ1) is 19.9. The number of amides is 1. The van der Waals surface area contributed by atoms with E-state index in [0.29, 0.717) is 40.9 Å². The number of carbonyl (C=O) groups excluding carboxylic acids is 1. The number of anilines is 2. The Morgan fingerprint density at radius 3 is 2.24 bits per heavy atom. The fourth-order valence-corrected chi connectivity index (χ4v) is 2.72. The smallest absolute Gasteiger partial charge is 0.255 e. The molecule has 1 aromatic carbocycles. The number of carbonyl (C=O) groups is 1. The number of hydrogen-bond acceptors (Lipinski definition) is 7. The molecule has 0 radical (unpaired) electrons. The van der Waals surface area contributed by atoms with Gasteiger partial charge in [-0.25, -0.2) is 4.98 Å². The normalized spacial score (nSPS) is 10.2. The van der Waals surface area contributed by atoms with Crippen LogP contribution in [-0.4, -0.2) is 37.2 Å². The summed E-state index contributed by atoms with van der Waals surface area (Å²) in [4.78, 5) is 21.0. The monoisotopic (exact) mass is 394 g/mol. The zero-order valence-electron chi connectivity index (χ0n) is 16.4. The van der Waals surface area contributed by atoms with E-state index in [1.807, 2.05) is 12.1 Å². The Morgan fingerprint density at radius 1 is 0.931 bits per heavy atom. The van der Waals surface area contributed by atoms with Crippen molar-refractivity contribution in [3.63, 3.8) is 0 Å². The van der Waals surface area contributed by atoms with Gasteiger partial charge >= 0.3 is 0 Å². The molecule has 8 nitrogen and oxygen atoms in total. The summed E-state index contributed by atoms with van der Waals surface area (Å²) in [7, 11) is 4.56. The zero-order chi connectivity index (χ0) is 20.6. The van der Waals surface area contributed by atoms with Crippen molar-refractivity contribution in [1.82, 2.24) is 9.97 Å². The van der Waals surface area contributed by atoms with Crippen molar-refractivity contribution in [2.24, 2.45) is 0 Å². The molecule has 150 valence electrons. The van der Waals surface area contributed by atoms with Crippen LogP contribution < -0.4 is 24.8 Å². The highest BCUT2D eigenvalue weighted by molar-refractivity contribution is 6.05. The average Bonchev–Trinajstić information content (AvgIpc) is 2.77. The molecule has 0 atom stereocenters. The standard InChI is InChI=1S/C21H22N4O4/c1-27-17-11-16(12-18(28-2)20(17)29-3)25-21(26)15-6-9-23-19(10-15)24-13-14-4-7-22-8-5-14/h4-12H,13H2,1-3H3,(H,23,24)(H,25,26). The molecule has 0 saturated carbocycles. The summed E-state index contributed by atoms with van der Waals surface area (Å²) in [6.45, 7) is 0.577. The van der Waals surface area contributed by atoms with Gasteiger partial charge in [-0.1, -0.05) is 0 Å². The van der Waals surface area contributed by atoms with Crippen LogP contribution in [0.4, 0.5) is 11.5 Å². The lowest BCUT2D eigenvalue weighted by molar-refractivity contribution is 0.102. The molecule has 2 heterocycles. The molecule has 0 fully saturated rings. The van der Waals surface area contributed by atoms with E-state index in [4.69, 9.17) is 14.2 Å². The van der Waals surface area contributed by atoms with E-state index in [2.05, 4.69) is 20.6 Å². The second-order valence-electron chi connectivity index (χ2n) is 6.01. The van der Waals surface area contributed by atoms with Crippen molar-refractivity contribution < 1.29 is 19.0 Å². The molecule has 8 heteroatoms. The van der Waals surface area contributed by atoms with Crippen LogP contribution >= 0.6 is 0 Å². The first-order chi connectivity index (χ1) is 14.1. The molecule has 0 aliphatic heterocycles. The van der Waals surface area contributed by atoms with Crippen molar-refractivity contribution in [3.05, 3.63) is 66.1 Å². The molecule has 29 heavy (non-hydrogen) atoms. The number of nitrogens with zero attached hydrogens (tertiary/aromatic N) is 2. The fourth-order valence-electron chi connectivity index (χ4n) is 2.72. The minimum Gasteiger partial charge on any atom is -0.493 e. The maximum absolute atomic E-state index is 12.7. The van der Waals surface area contributed by atoms with E-state index in [-0.39, 0.29) is 5.91 Å². The van der Waals surface area contributed by atoms with Crippen molar-refractivity contribution in [3.8, 4) is 17.2 Å². The van der Waals surface area contributed by atoms with E-state index in [1.165, 1.54) is 21.3 Å². The average molecular weight is 394 g/mol. The van der Waals surface area contributed by atoms with Gasteiger partial charge in [0.15, 0.2) is 11.5 Å². The molecule has 0 aliphatic carbocycles. The Labute approximate surface area is 168 Å². The third kappa shape index (κ3) is 4.92. The van der Waals surface area contributed by atoms with Gasteiger partial charge in [0.1, 0.15) is 5.82 Å². The lowest BCUT2D eigenvalue weighted by Crippen LogP contribution is -2.13. The molecule has 0 saturated heterocycles. The molecular formula is C21H22N4O4. The largest absolute Gasteiger partial charge is 0.493 e. The van der Waals surface area contributed by atoms with Crippen LogP contribution in [0.15, 0.2) is 55.0 Å². The van der Waals surface area contributed by atoms with Gasteiger partial charge in [-0.3, -0.25) is 9.78 Å². The van der Waals surface area contributed by atoms with Gasteiger partial charge in [-0.2, -0.15) is 0 Å². The molecule has 2 N–H and O–H groups in total. The predicted octanol–water partition coefficient (Wildman–Crippen LogP) is 3.37. The van der Waals surface area contributed by atoms with Crippen LogP contribution in [0.2, 0.25) is 0 Å². The molecular weight excluding hydrogens is 372 g/mol. The van der Waals surface area contributed by atoms with Gasteiger partial charge < -0.3 is 24.8 Å². The Kier molecular flexibility index (Phi) is 6.47. The number of aromatic nitrogens is 2. The molecule has 0 unspecified atom stereocenters. The lowest BCUT2D eigenvalue weighted by atomic mass is 10.2.